The minimum atomic E-state index is -0.440. The van der Waals surface area contributed by atoms with Gasteiger partial charge in [-0.05, 0) is 42.3 Å². The molecule has 0 unspecified atom stereocenters. The molecule has 0 N–H and O–H groups in total. The Bertz CT molecular complexity index is 834. The normalized spacial score (nSPS) is 10.5. The van der Waals surface area contributed by atoms with Gasteiger partial charge in [0.2, 0.25) is 0 Å². The highest BCUT2D eigenvalue weighted by molar-refractivity contribution is 7.16. The molecule has 0 saturated heterocycles. The first kappa shape index (κ1) is 15.3. The van der Waals surface area contributed by atoms with Crippen LogP contribution in [-0.2, 0) is 11.3 Å². The Hall–Kier alpha value is -2.60. The van der Waals surface area contributed by atoms with E-state index in [1.54, 1.807) is 31.5 Å². The van der Waals surface area contributed by atoms with Crippen LogP contribution in [0.4, 0.5) is 4.39 Å². The molecule has 0 saturated carbocycles. The second-order valence-corrected chi connectivity index (χ2v) is 5.96. The molecule has 0 radical (unpaired) electrons. The van der Waals surface area contributed by atoms with Gasteiger partial charge < -0.3 is 4.74 Å². The topological polar surface area (TPSA) is 52.1 Å². The van der Waals surface area contributed by atoms with Crippen molar-refractivity contribution in [2.24, 2.45) is 0 Å². The summed E-state index contributed by atoms with van der Waals surface area (Å²) in [5.74, 6) is -0.714. The van der Waals surface area contributed by atoms with E-state index in [-0.39, 0.29) is 12.4 Å². The van der Waals surface area contributed by atoms with Crippen molar-refractivity contribution in [1.82, 2.24) is 9.97 Å². The number of halogens is 1. The van der Waals surface area contributed by atoms with E-state index >= 15 is 0 Å². The fourth-order valence-corrected chi connectivity index (χ4v) is 2.83. The monoisotopic (exact) mass is 328 g/mol. The number of carbonyl (C=O) groups is 1. The Morgan fingerprint density at radius 1 is 1.26 bits per heavy atom. The number of esters is 1. The van der Waals surface area contributed by atoms with Crippen molar-refractivity contribution in [3.63, 3.8) is 0 Å². The van der Waals surface area contributed by atoms with Gasteiger partial charge in [-0.2, -0.15) is 0 Å². The van der Waals surface area contributed by atoms with Gasteiger partial charge in [0.15, 0.2) is 0 Å². The third kappa shape index (κ3) is 3.60. The number of pyridine rings is 1. The van der Waals surface area contributed by atoms with Crippen molar-refractivity contribution in [3.8, 4) is 10.6 Å². The quantitative estimate of drug-likeness (QED) is 0.679. The fraction of sp³-hybridized carbons (Fsp3) is 0.118. The molecule has 6 heteroatoms. The Morgan fingerprint density at radius 3 is 2.78 bits per heavy atom. The van der Waals surface area contributed by atoms with E-state index in [2.05, 4.69) is 9.97 Å². The molecule has 0 aliphatic rings. The number of nitrogens with zero attached hydrogens (tertiary/aromatic N) is 2. The molecule has 2 aromatic heterocycles. The highest BCUT2D eigenvalue weighted by atomic mass is 32.1. The molecule has 0 bridgehead atoms. The van der Waals surface area contributed by atoms with Gasteiger partial charge in [0.1, 0.15) is 22.3 Å². The van der Waals surface area contributed by atoms with E-state index in [0.29, 0.717) is 10.4 Å². The van der Waals surface area contributed by atoms with Crippen LogP contribution in [0.3, 0.4) is 0 Å². The van der Waals surface area contributed by atoms with Crippen molar-refractivity contribution < 1.29 is 13.9 Å². The number of thiazole rings is 1. The molecule has 3 aromatic rings. The molecule has 0 spiro atoms. The molecule has 0 aliphatic carbocycles. The van der Waals surface area contributed by atoms with Crippen LogP contribution in [0.15, 0.2) is 48.9 Å². The molecule has 116 valence electrons. The summed E-state index contributed by atoms with van der Waals surface area (Å²) in [7, 11) is 0. The van der Waals surface area contributed by atoms with Gasteiger partial charge in [-0.1, -0.05) is 6.07 Å². The summed E-state index contributed by atoms with van der Waals surface area (Å²) in [6.45, 7) is 1.77. The van der Waals surface area contributed by atoms with Crippen LogP contribution in [0.1, 0.15) is 20.8 Å². The third-order valence-electron chi connectivity index (χ3n) is 3.23. The SMILES string of the molecule is Cc1cc(COC(=O)c2cnc(-c3ccncc3)s2)ccc1F. The molecule has 1 aromatic carbocycles. The number of rotatable bonds is 4. The molecular weight excluding hydrogens is 315 g/mol. The largest absolute Gasteiger partial charge is 0.457 e. The molecule has 4 nitrogen and oxygen atoms in total. The second-order valence-electron chi connectivity index (χ2n) is 4.93. The Morgan fingerprint density at radius 2 is 2.04 bits per heavy atom. The molecule has 0 fully saturated rings. The zero-order chi connectivity index (χ0) is 16.2. The average molecular weight is 328 g/mol. The summed E-state index contributed by atoms with van der Waals surface area (Å²) in [4.78, 5) is 20.7. The van der Waals surface area contributed by atoms with Crippen LogP contribution < -0.4 is 0 Å². The lowest BCUT2D eigenvalue weighted by molar-refractivity contribution is 0.0478. The van der Waals surface area contributed by atoms with E-state index in [1.807, 2.05) is 12.1 Å². The maximum Gasteiger partial charge on any atom is 0.350 e. The molecule has 0 amide bonds. The van der Waals surface area contributed by atoms with Gasteiger partial charge in [0, 0.05) is 18.0 Å². The van der Waals surface area contributed by atoms with Crippen molar-refractivity contribution >= 4 is 17.3 Å². The predicted molar refractivity (Wildman–Crippen MR) is 85.6 cm³/mol. The van der Waals surface area contributed by atoms with Crippen LogP contribution in [0.5, 0.6) is 0 Å². The fourth-order valence-electron chi connectivity index (χ4n) is 2.01. The van der Waals surface area contributed by atoms with E-state index in [9.17, 15) is 9.18 Å². The van der Waals surface area contributed by atoms with E-state index in [4.69, 9.17) is 4.74 Å². The average Bonchev–Trinajstić information content (AvgIpc) is 3.06. The molecule has 0 atom stereocenters. The number of hydrogen-bond acceptors (Lipinski definition) is 5. The molecular formula is C17H13FN2O2S. The van der Waals surface area contributed by atoms with Gasteiger partial charge in [-0.3, -0.25) is 4.98 Å². The van der Waals surface area contributed by atoms with E-state index < -0.39 is 5.97 Å². The summed E-state index contributed by atoms with van der Waals surface area (Å²) in [6.07, 6.45) is 4.84. The highest BCUT2D eigenvalue weighted by Gasteiger charge is 2.13. The van der Waals surface area contributed by atoms with Gasteiger partial charge in [0.25, 0.3) is 0 Å². The van der Waals surface area contributed by atoms with Crippen LogP contribution in [0.25, 0.3) is 10.6 Å². The zero-order valence-corrected chi connectivity index (χ0v) is 13.1. The lowest BCUT2D eigenvalue weighted by atomic mass is 10.1. The van der Waals surface area contributed by atoms with Crippen LogP contribution in [-0.4, -0.2) is 15.9 Å². The standard InChI is InChI=1S/C17H13FN2O2S/c1-11-8-12(2-3-14(11)18)10-22-17(21)15-9-20-16(23-15)13-4-6-19-7-5-13/h2-9H,10H2,1H3. The maximum absolute atomic E-state index is 13.2. The second kappa shape index (κ2) is 6.66. The molecule has 3 rings (SSSR count). The number of aryl methyl sites for hydroxylation is 1. The molecule has 23 heavy (non-hydrogen) atoms. The minimum Gasteiger partial charge on any atom is -0.457 e. The Balaban J connectivity index is 1.67. The lowest BCUT2D eigenvalue weighted by Crippen LogP contribution is -2.03. The van der Waals surface area contributed by atoms with Crippen molar-refractivity contribution in [3.05, 3.63) is 70.7 Å². The van der Waals surface area contributed by atoms with Crippen LogP contribution in [0.2, 0.25) is 0 Å². The third-order valence-corrected chi connectivity index (χ3v) is 4.25. The summed E-state index contributed by atoms with van der Waals surface area (Å²) in [5, 5.41) is 0.733. The number of ether oxygens (including phenoxy) is 1. The van der Waals surface area contributed by atoms with Gasteiger partial charge in [-0.25, -0.2) is 14.2 Å². The van der Waals surface area contributed by atoms with E-state index in [1.165, 1.54) is 23.6 Å². The van der Waals surface area contributed by atoms with Crippen LogP contribution in [0, 0.1) is 12.7 Å². The first-order valence-electron chi connectivity index (χ1n) is 6.92. The van der Waals surface area contributed by atoms with E-state index in [0.717, 1.165) is 16.1 Å². The van der Waals surface area contributed by atoms with Crippen molar-refractivity contribution in [2.75, 3.05) is 0 Å². The minimum absolute atomic E-state index is 0.0996. The number of hydrogen-bond donors (Lipinski definition) is 0. The summed E-state index contributed by atoms with van der Waals surface area (Å²) < 4.78 is 18.5. The number of benzene rings is 1. The van der Waals surface area contributed by atoms with Gasteiger partial charge in [0.05, 0.1) is 6.20 Å². The number of carbonyl (C=O) groups excluding carboxylic acids is 1. The Labute approximate surface area is 136 Å². The number of aromatic nitrogens is 2. The van der Waals surface area contributed by atoms with Crippen molar-refractivity contribution in [2.45, 2.75) is 13.5 Å². The summed E-state index contributed by atoms with van der Waals surface area (Å²) >= 11 is 1.26. The Kier molecular flexibility index (Phi) is 4.43. The van der Waals surface area contributed by atoms with Gasteiger partial charge in [-0.15, -0.1) is 11.3 Å². The smallest absolute Gasteiger partial charge is 0.350 e. The predicted octanol–water partition coefficient (Wildman–Crippen LogP) is 4.01. The zero-order valence-electron chi connectivity index (χ0n) is 12.3. The molecule has 2 heterocycles. The maximum atomic E-state index is 13.2. The lowest BCUT2D eigenvalue weighted by Gasteiger charge is -2.04. The van der Waals surface area contributed by atoms with Crippen molar-refractivity contribution in [1.29, 1.82) is 0 Å². The first-order chi connectivity index (χ1) is 11.1. The highest BCUT2D eigenvalue weighted by Crippen LogP contribution is 2.25. The van der Waals surface area contributed by atoms with Gasteiger partial charge >= 0.3 is 5.97 Å². The summed E-state index contributed by atoms with van der Waals surface area (Å²) in [5.41, 5.74) is 2.17. The molecule has 0 aliphatic heterocycles. The summed E-state index contributed by atoms with van der Waals surface area (Å²) in [6, 6.07) is 8.29. The van der Waals surface area contributed by atoms with Crippen LogP contribution >= 0.6 is 11.3 Å². The first-order valence-corrected chi connectivity index (χ1v) is 7.73.